The summed E-state index contributed by atoms with van der Waals surface area (Å²) < 4.78 is 0. The minimum atomic E-state index is 0.486. The molecule has 0 saturated carbocycles. The minimum absolute atomic E-state index is 0.486. The predicted octanol–water partition coefficient (Wildman–Crippen LogP) is 1.39. The van der Waals surface area contributed by atoms with Crippen LogP contribution < -0.4 is 5.90 Å². The van der Waals surface area contributed by atoms with Crippen molar-refractivity contribution in [1.29, 1.82) is 0 Å². The van der Waals surface area contributed by atoms with Crippen LogP contribution in [0.2, 0.25) is 0 Å². The topological polar surface area (TPSA) is 35.2 Å². The summed E-state index contributed by atoms with van der Waals surface area (Å²) in [6, 6.07) is 8.08. The Labute approximate surface area is 60.6 Å². The zero-order chi connectivity index (χ0) is 7.40. The van der Waals surface area contributed by atoms with Crippen molar-refractivity contribution in [3.8, 4) is 0 Å². The molecule has 0 heterocycles. The summed E-state index contributed by atoms with van der Waals surface area (Å²) in [5.41, 5.74) is 2.36. The second kappa shape index (κ2) is 3.34. The first-order chi connectivity index (χ1) is 4.83. The van der Waals surface area contributed by atoms with Gasteiger partial charge in [-0.3, -0.25) is 4.84 Å². The van der Waals surface area contributed by atoms with E-state index in [-0.39, 0.29) is 0 Å². The van der Waals surface area contributed by atoms with E-state index >= 15 is 0 Å². The summed E-state index contributed by atoms with van der Waals surface area (Å²) in [5, 5.41) is 0. The maximum absolute atomic E-state index is 4.90. The maximum atomic E-state index is 4.90. The van der Waals surface area contributed by atoms with Crippen LogP contribution in [-0.4, -0.2) is 0 Å². The quantitative estimate of drug-likeness (QED) is 0.625. The van der Waals surface area contributed by atoms with E-state index in [9.17, 15) is 0 Å². The van der Waals surface area contributed by atoms with Gasteiger partial charge in [-0.15, -0.1) is 0 Å². The largest absolute Gasteiger partial charge is 0.300 e. The van der Waals surface area contributed by atoms with E-state index in [4.69, 9.17) is 5.90 Å². The third-order valence-electron chi connectivity index (χ3n) is 1.37. The monoisotopic (exact) mass is 137 g/mol. The molecule has 0 saturated heterocycles. The smallest absolute Gasteiger partial charge is 0.0930 e. The van der Waals surface area contributed by atoms with Gasteiger partial charge >= 0.3 is 0 Å². The standard InChI is InChI=1S/C8H11NO/c1-7-2-4-8(5-3-7)6-10-9/h2-5H,6,9H2,1H3. The third-order valence-corrected chi connectivity index (χ3v) is 1.37. The van der Waals surface area contributed by atoms with Gasteiger partial charge in [-0.1, -0.05) is 29.8 Å². The van der Waals surface area contributed by atoms with Gasteiger partial charge in [-0.25, -0.2) is 5.90 Å². The zero-order valence-corrected chi connectivity index (χ0v) is 6.00. The molecule has 0 aromatic heterocycles. The van der Waals surface area contributed by atoms with Crippen molar-refractivity contribution in [2.24, 2.45) is 5.90 Å². The van der Waals surface area contributed by atoms with Crippen molar-refractivity contribution >= 4 is 0 Å². The average molecular weight is 137 g/mol. The number of hydrogen-bond acceptors (Lipinski definition) is 2. The molecule has 0 bridgehead atoms. The molecule has 0 radical (unpaired) electrons. The van der Waals surface area contributed by atoms with Crippen LogP contribution in [0.5, 0.6) is 0 Å². The van der Waals surface area contributed by atoms with E-state index in [1.807, 2.05) is 31.2 Å². The van der Waals surface area contributed by atoms with Gasteiger partial charge in [-0.05, 0) is 12.5 Å². The Morgan fingerprint density at radius 1 is 1.30 bits per heavy atom. The van der Waals surface area contributed by atoms with Gasteiger partial charge in [0.05, 0.1) is 6.61 Å². The Hall–Kier alpha value is -0.860. The van der Waals surface area contributed by atoms with Crippen molar-refractivity contribution in [3.63, 3.8) is 0 Å². The minimum Gasteiger partial charge on any atom is -0.300 e. The molecular weight excluding hydrogens is 126 g/mol. The maximum Gasteiger partial charge on any atom is 0.0930 e. The lowest BCUT2D eigenvalue weighted by molar-refractivity contribution is 0.124. The van der Waals surface area contributed by atoms with Gasteiger partial charge in [0.25, 0.3) is 0 Å². The van der Waals surface area contributed by atoms with E-state index in [2.05, 4.69) is 4.84 Å². The van der Waals surface area contributed by atoms with Gasteiger partial charge < -0.3 is 0 Å². The van der Waals surface area contributed by atoms with Crippen LogP contribution in [-0.2, 0) is 11.4 Å². The molecule has 0 aliphatic heterocycles. The second-order valence-corrected chi connectivity index (χ2v) is 2.30. The Balaban J connectivity index is 2.69. The number of benzene rings is 1. The van der Waals surface area contributed by atoms with Gasteiger partial charge in [0, 0.05) is 0 Å². The summed E-state index contributed by atoms with van der Waals surface area (Å²) in [4.78, 5) is 4.47. The molecule has 1 aromatic rings. The van der Waals surface area contributed by atoms with Crippen LogP contribution in [0.3, 0.4) is 0 Å². The molecule has 0 atom stereocenters. The summed E-state index contributed by atoms with van der Waals surface area (Å²) >= 11 is 0. The van der Waals surface area contributed by atoms with Crippen LogP contribution in [0.25, 0.3) is 0 Å². The van der Waals surface area contributed by atoms with Gasteiger partial charge in [0.1, 0.15) is 0 Å². The van der Waals surface area contributed by atoms with Crippen molar-refractivity contribution in [2.45, 2.75) is 13.5 Å². The Kier molecular flexibility index (Phi) is 2.42. The van der Waals surface area contributed by atoms with Crippen LogP contribution >= 0.6 is 0 Å². The van der Waals surface area contributed by atoms with Crippen LogP contribution in [0.1, 0.15) is 11.1 Å². The Bertz CT molecular complexity index is 193. The Morgan fingerprint density at radius 3 is 2.40 bits per heavy atom. The molecule has 0 unspecified atom stereocenters. The van der Waals surface area contributed by atoms with Crippen LogP contribution in [0, 0.1) is 6.92 Å². The Morgan fingerprint density at radius 2 is 1.90 bits per heavy atom. The summed E-state index contributed by atoms with van der Waals surface area (Å²) in [6.07, 6.45) is 0. The van der Waals surface area contributed by atoms with Gasteiger partial charge in [-0.2, -0.15) is 0 Å². The molecule has 0 aliphatic carbocycles. The summed E-state index contributed by atoms with van der Waals surface area (Å²) in [5.74, 6) is 4.90. The first-order valence-corrected chi connectivity index (χ1v) is 3.20. The molecular formula is C8H11NO. The summed E-state index contributed by atoms with van der Waals surface area (Å²) in [7, 11) is 0. The normalized spacial score (nSPS) is 9.80. The van der Waals surface area contributed by atoms with Gasteiger partial charge in [0.2, 0.25) is 0 Å². The molecule has 0 fully saturated rings. The lowest BCUT2D eigenvalue weighted by atomic mass is 10.2. The van der Waals surface area contributed by atoms with Crippen molar-refractivity contribution in [2.75, 3.05) is 0 Å². The number of rotatable bonds is 2. The predicted molar refractivity (Wildman–Crippen MR) is 40.2 cm³/mol. The fourth-order valence-electron chi connectivity index (χ4n) is 0.781. The second-order valence-electron chi connectivity index (χ2n) is 2.30. The zero-order valence-electron chi connectivity index (χ0n) is 6.00. The number of hydrogen-bond donors (Lipinski definition) is 1. The molecule has 0 aliphatic rings. The molecule has 10 heavy (non-hydrogen) atoms. The summed E-state index contributed by atoms with van der Waals surface area (Å²) in [6.45, 7) is 2.54. The lowest BCUT2D eigenvalue weighted by Crippen LogP contribution is -1.98. The van der Waals surface area contributed by atoms with Crippen LogP contribution in [0.4, 0.5) is 0 Å². The highest BCUT2D eigenvalue weighted by Crippen LogP contribution is 2.02. The highest BCUT2D eigenvalue weighted by atomic mass is 16.6. The SMILES string of the molecule is Cc1ccc(CON)cc1. The lowest BCUT2D eigenvalue weighted by Gasteiger charge is -1.97. The van der Waals surface area contributed by atoms with Crippen molar-refractivity contribution < 1.29 is 4.84 Å². The highest BCUT2D eigenvalue weighted by Gasteiger charge is 1.88. The fraction of sp³-hybridized carbons (Fsp3) is 0.250. The van der Waals surface area contributed by atoms with Crippen molar-refractivity contribution in [1.82, 2.24) is 0 Å². The highest BCUT2D eigenvalue weighted by molar-refractivity contribution is 5.20. The van der Waals surface area contributed by atoms with E-state index < -0.39 is 0 Å². The molecule has 1 aromatic carbocycles. The molecule has 2 nitrogen and oxygen atoms in total. The molecule has 54 valence electrons. The van der Waals surface area contributed by atoms with Crippen LogP contribution in [0.15, 0.2) is 24.3 Å². The third kappa shape index (κ3) is 1.83. The first kappa shape index (κ1) is 7.25. The number of aryl methyl sites for hydroxylation is 1. The average Bonchev–Trinajstić information content (AvgIpc) is 1.95. The molecule has 1 rings (SSSR count). The van der Waals surface area contributed by atoms with E-state index in [0.717, 1.165) is 5.56 Å². The molecule has 0 amide bonds. The fourth-order valence-corrected chi connectivity index (χ4v) is 0.781. The van der Waals surface area contributed by atoms with E-state index in [1.165, 1.54) is 5.56 Å². The molecule has 2 N–H and O–H groups in total. The molecule has 0 spiro atoms. The van der Waals surface area contributed by atoms with E-state index in [0.29, 0.717) is 6.61 Å². The van der Waals surface area contributed by atoms with Gasteiger partial charge in [0.15, 0.2) is 0 Å². The molecule has 2 heteroatoms. The number of nitrogens with two attached hydrogens (primary N) is 1. The first-order valence-electron chi connectivity index (χ1n) is 3.20. The van der Waals surface area contributed by atoms with E-state index in [1.54, 1.807) is 0 Å². The van der Waals surface area contributed by atoms with Crippen molar-refractivity contribution in [3.05, 3.63) is 35.4 Å².